The van der Waals surface area contributed by atoms with Crippen LogP contribution in [0.2, 0.25) is 0 Å². The van der Waals surface area contributed by atoms with E-state index >= 15 is 0 Å². The fourth-order valence-electron chi connectivity index (χ4n) is 5.01. The minimum atomic E-state index is -1.38. The number of hydrogen-bond donors (Lipinski definition) is 4. The van der Waals surface area contributed by atoms with Gasteiger partial charge in [0.25, 0.3) is 0 Å². The Hall–Kier alpha value is -5.78. The number of carboxylic acids is 1. The summed E-state index contributed by atoms with van der Waals surface area (Å²) in [6.45, 7) is 8.51. The largest absolute Gasteiger partial charge is 0.507 e. The van der Waals surface area contributed by atoms with E-state index in [9.17, 15) is 39.6 Å². The Bertz CT molecular complexity index is 2000. The number of methoxy groups -OCH3 is 1. The number of hydrogen-bond acceptors (Lipinski definition) is 11. The van der Waals surface area contributed by atoms with Crippen molar-refractivity contribution in [2.24, 2.45) is 0 Å². The average Bonchev–Trinajstić information content (AvgIpc) is 3.16. The van der Waals surface area contributed by atoms with Crippen LogP contribution in [0.1, 0.15) is 66.0 Å². The van der Waals surface area contributed by atoms with Crippen LogP contribution in [0.25, 0.3) is 11.0 Å². The van der Waals surface area contributed by atoms with Crippen molar-refractivity contribution in [3.05, 3.63) is 90.8 Å². The summed E-state index contributed by atoms with van der Waals surface area (Å²) in [6, 6.07) is 5.78. The molecule has 1 aromatic heterocycles. The topological polar surface area (TPSA) is 190 Å². The second-order valence-electron chi connectivity index (χ2n) is 10.7. The first-order valence-electron chi connectivity index (χ1n) is 13.9. The molecule has 1 aliphatic rings. The first-order chi connectivity index (χ1) is 21.7. The normalized spacial score (nSPS) is 12.1. The third kappa shape index (κ3) is 6.23. The number of carbonyl (C=O) groups excluding carboxylic acids is 2. The molecule has 0 bridgehead atoms. The number of aryl methyl sites for hydroxylation is 3. The van der Waals surface area contributed by atoms with Crippen LogP contribution >= 0.6 is 0 Å². The lowest BCUT2D eigenvalue weighted by Gasteiger charge is -2.16. The predicted octanol–water partition coefficient (Wildman–Crippen LogP) is 5.45. The van der Waals surface area contributed by atoms with Gasteiger partial charge in [-0.05, 0) is 69.9 Å². The Morgan fingerprint density at radius 3 is 2.20 bits per heavy atom. The summed E-state index contributed by atoms with van der Waals surface area (Å²) >= 11 is 0. The Balaban J connectivity index is 0.000000221. The van der Waals surface area contributed by atoms with Crippen molar-refractivity contribution >= 4 is 29.2 Å². The molecule has 0 saturated carbocycles. The van der Waals surface area contributed by atoms with Crippen molar-refractivity contribution in [3.8, 4) is 34.5 Å². The van der Waals surface area contributed by atoms with Gasteiger partial charge >= 0.3 is 11.9 Å². The molecule has 12 nitrogen and oxygen atoms in total. The Morgan fingerprint density at radius 1 is 0.891 bits per heavy atom. The van der Waals surface area contributed by atoms with Crippen molar-refractivity contribution in [2.45, 2.75) is 41.0 Å². The number of allylic oxidation sites excluding steroid dienone is 1. The molecule has 0 saturated heterocycles. The van der Waals surface area contributed by atoms with E-state index in [0.29, 0.717) is 47.5 Å². The molecule has 5 rings (SSSR count). The van der Waals surface area contributed by atoms with Crippen molar-refractivity contribution < 1.29 is 53.4 Å². The molecular weight excluding hydrogens is 600 g/mol. The van der Waals surface area contributed by atoms with Crippen molar-refractivity contribution in [1.82, 2.24) is 0 Å². The quantitative estimate of drug-likeness (QED) is 0.0943. The van der Waals surface area contributed by atoms with Crippen LogP contribution in [0.4, 0.5) is 0 Å². The van der Waals surface area contributed by atoms with E-state index in [0.717, 1.165) is 5.57 Å². The maximum absolute atomic E-state index is 12.6. The lowest BCUT2D eigenvalue weighted by atomic mass is 10.0. The fraction of sp³-hybridized carbons (Fsp3) is 0.235. The van der Waals surface area contributed by atoms with Gasteiger partial charge in [0.15, 0.2) is 11.7 Å². The number of aldehydes is 1. The number of benzene rings is 3. The molecule has 0 aliphatic carbocycles. The molecule has 2 heterocycles. The molecule has 0 amide bonds. The number of carboxylic acid groups (broad SMARTS) is 1. The summed E-state index contributed by atoms with van der Waals surface area (Å²) < 4.78 is 21.4. The molecule has 4 N–H and O–H groups in total. The smallest absolute Gasteiger partial charge is 0.347 e. The van der Waals surface area contributed by atoms with Crippen LogP contribution in [-0.4, -0.2) is 52.4 Å². The van der Waals surface area contributed by atoms with E-state index in [1.165, 1.54) is 46.1 Å². The number of aromatic carboxylic acids is 1. The average molecular weight is 633 g/mol. The van der Waals surface area contributed by atoms with Gasteiger partial charge in [0, 0.05) is 23.3 Å². The summed E-state index contributed by atoms with van der Waals surface area (Å²) in [5.41, 5.74) is 1.55. The van der Waals surface area contributed by atoms with Gasteiger partial charge in [0.1, 0.15) is 69.0 Å². The fourth-order valence-corrected chi connectivity index (χ4v) is 5.01. The minimum Gasteiger partial charge on any atom is -0.507 e. The first-order valence-corrected chi connectivity index (χ1v) is 13.9. The standard InChI is InChI=1S/C19H18O8.C15H14O4/c1-8-5-13(26-4)11(7-20)17(22)14(8)19(25)27-12-6-9(2)16(21)15(10(12)3)18(23)24;1-8-3-4-10-12(18-7-8)6-13-14(15(10)17)11(16)5-9(2)19-13/h5-7,21-22H,1-4H3,(H,23,24);3,5-6,17H,4,7H2,1-2H3. The van der Waals surface area contributed by atoms with Crippen LogP contribution in [0.3, 0.4) is 0 Å². The number of rotatable bonds is 5. The number of aromatic hydroxyl groups is 3. The Kier molecular flexibility index (Phi) is 9.41. The maximum Gasteiger partial charge on any atom is 0.347 e. The second-order valence-corrected chi connectivity index (χ2v) is 10.7. The summed E-state index contributed by atoms with van der Waals surface area (Å²) in [6.07, 6.45) is 2.90. The van der Waals surface area contributed by atoms with Crippen LogP contribution in [-0.2, 0) is 6.42 Å². The van der Waals surface area contributed by atoms with E-state index in [-0.39, 0.29) is 55.9 Å². The van der Waals surface area contributed by atoms with Crippen molar-refractivity contribution in [3.63, 3.8) is 0 Å². The van der Waals surface area contributed by atoms with E-state index in [1.54, 1.807) is 13.0 Å². The predicted molar refractivity (Wildman–Crippen MR) is 166 cm³/mol. The van der Waals surface area contributed by atoms with Crippen LogP contribution in [0, 0.1) is 27.7 Å². The molecule has 0 atom stereocenters. The van der Waals surface area contributed by atoms with Crippen LogP contribution in [0.15, 0.2) is 45.1 Å². The molecule has 12 heteroatoms. The maximum atomic E-state index is 12.6. The lowest BCUT2D eigenvalue weighted by Crippen LogP contribution is -2.14. The molecule has 0 unspecified atom stereocenters. The number of fused-ring (bicyclic) bond motifs is 2. The number of ether oxygens (including phenoxy) is 3. The molecule has 240 valence electrons. The summed E-state index contributed by atoms with van der Waals surface area (Å²) in [4.78, 5) is 47.2. The highest BCUT2D eigenvalue weighted by atomic mass is 16.5. The zero-order valence-corrected chi connectivity index (χ0v) is 25.9. The Morgan fingerprint density at radius 2 is 1.57 bits per heavy atom. The van der Waals surface area contributed by atoms with Gasteiger partial charge in [0.2, 0.25) is 0 Å². The summed E-state index contributed by atoms with van der Waals surface area (Å²) in [5, 5.41) is 40.0. The molecule has 1 aliphatic heterocycles. The highest BCUT2D eigenvalue weighted by Gasteiger charge is 2.26. The second kappa shape index (κ2) is 13.1. The van der Waals surface area contributed by atoms with Gasteiger partial charge in [-0.25, -0.2) is 9.59 Å². The molecule has 3 aromatic carbocycles. The third-order valence-corrected chi connectivity index (χ3v) is 7.45. The van der Waals surface area contributed by atoms with E-state index in [2.05, 4.69) is 0 Å². The highest BCUT2D eigenvalue weighted by Crippen LogP contribution is 2.38. The van der Waals surface area contributed by atoms with Crippen LogP contribution < -0.4 is 19.6 Å². The van der Waals surface area contributed by atoms with Crippen molar-refractivity contribution in [2.75, 3.05) is 13.7 Å². The van der Waals surface area contributed by atoms with E-state index in [1.807, 2.05) is 13.0 Å². The number of phenols is 3. The molecule has 4 aromatic rings. The van der Waals surface area contributed by atoms with Gasteiger partial charge in [-0.2, -0.15) is 0 Å². The molecule has 0 spiro atoms. The van der Waals surface area contributed by atoms with Gasteiger partial charge in [-0.3, -0.25) is 9.59 Å². The van der Waals surface area contributed by atoms with Crippen LogP contribution in [0.5, 0.6) is 34.5 Å². The molecule has 0 radical (unpaired) electrons. The van der Waals surface area contributed by atoms with Gasteiger partial charge < -0.3 is 39.1 Å². The highest BCUT2D eigenvalue weighted by molar-refractivity contribution is 6.01. The molecular formula is C34H32O12. The SMILES string of the molecule is CC1=CCc2c(cc3oc(C)cc(=O)c3c2O)OC1.COc1cc(C)c(C(=O)Oc2cc(C)c(O)c(C(=O)O)c2C)c(O)c1C=O. The molecule has 46 heavy (non-hydrogen) atoms. The zero-order valence-electron chi connectivity index (χ0n) is 25.9. The summed E-state index contributed by atoms with van der Waals surface area (Å²) in [7, 11) is 1.31. The number of carbonyl (C=O) groups is 3. The van der Waals surface area contributed by atoms with E-state index < -0.39 is 23.4 Å². The minimum absolute atomic E-state index is 0.0350. The number of phenolic OH excluding ortho intramolecular Hbond substituents is 2. The Labute approximate surface area is 262 Å². The molecule has 0 fully saturated rings. The number of esters is 1. The lowest BCUT2D eigenvalue weighted by molar-refractivity contribution is 0.0681. The van der Waals surface area contributed by atoms with E-state index in [4.69, 9.17) is 18.6 Å². The summed E-state index contributed by atoms with van der Waals surface area (Å²) in [5.74, 6) is -2.32. The monoisotopic (exact) mass is 632 g/mol. The van der Waals surface area contributed by atoms with Gasteiger partial charge in [0.05, 0.1) is 12.7 Å². The van der Waals surface area contributed by atoms with Gasteiger partial charge in [-0.1, -0.05) is 6.08 Å². The first kappa shape index (κ1) is 33.1. The zero-order chi connectivity index (χ0) is 34.0. The van der Waals surface area contributed by atoms with Gasteiger partial charge in [-0.15, -0.1) is 0 Å². The third-order valence-electron chi connectivity index (χ3n) is 7.45. The van der Waals surface area contributed by atoms with Crippen molar-refractivity contribution in [1.29, 1.82) is 0 Å².